The topological polar surface area (TPSA) is 63.6 Å². The lowest BCUT2D eigenvalue weighted by atomic mass is 10.1. The number of esters is 1. The van der Waals surface area contributed by atoms with Crippen LogP contribution in [0.2, 0.25) is 0 Å². The van der Waals surface area contributed by atoms with Crippen LogP contribution in [0.3, 0.4) is 0 Å². The number of rotatable bonds is 6. The second kappa shape index (κ2) is 6.88. The number of hydrogen-bond acceptors (Lipinski definition) is 3. The van der Waals surface area contributed by atoms with Crippen LogP contribution in [0.15, 0.2) is 24.3 Å². The minimum atomic E-state index is -0.824. The molecule has 0 aliphatic rings. The lowest BCUT2D eigenvalue weighted by Gasteiger charge is -1.97. The minimum absolute atomic E-state index is 0.116. The number of carboxylic acids is 1. The summed E-state index contributed by atoms with van der Waals surface area (Å²) in [6, 6.07) is 0. The van der Waals surface area contributed by atoms with Gasteiger partial charge in [-0.1, -0.05) is 18.2 Å². The van der Waals surface area contributed by atoms with Crippen LogP contribution < -0.4 is 0 Å². The highest BCUT2D eigenvalue weighted by molar-refractivity contribution is 5.82. The van der Waals surface area contributed by atoms with E-state index in [2.05, 4.69) is 11.3 Å². The van der Waals surface area contributed by atoms with Gasteiger partial charge in [0.1, 0.15) is 0 Å². The van der Waals surface area contributed by atoms with Gasteiger partial charge in [0.2, 0.25) is 0 Å². The highest BCUT2D eigenvalue weighted by atomic mass is 16.5. The van der Waals surface area contributed by atoms with Crippen LogP contribution in [0.4, 0.5) is 0 Å². The lowest BCUT2D eigenvalue weighted by molar-refractivity contribution is -0.137. The molecule has 0 saturated carbocycles. The Hall–Kier alpha value is -1.58. The molecule has 4 nitrogen and oxygen atoms in total. The Labute approximate surface area is 82.9 Å². The Morgan fingerprint density at radius 3 is 2.50 bits per heavy atom. The van der Waals surface area contributed by atoms with Crippen molar-refractivity contribution in [1.82, 2.24) is 0 Å². The van der Waals surface area contributed by atoms with E-state index in [1.807, 2.05) is 0 Å². The molecule has 78 valence electrons. The van der Waals surface area contributed by atoms with Gasteiger partial charge >= 0.3 is 11.9 Å². The third-order valence-corrected chi connectivity index (χ3v) is 1.54. The van der Waals surface area contributed by atoms with Gasteiger partial charge in [-0.3, -0.25) is 4.79 Å². The molecule has 0 heterocycles. The average molecular weight is 198 g/mol. The highest BCUT2D eigenvalue weighted by Gasteiger charge is 1.97. The molecular formula is C10H14O4. The summed E-state index contributed by atoms with van der Waals surface area (Å²) < 4.78 is 4.38. The molecule has 0 radical (unpaired) electrons. The van der Waals surface area contributed by atoms with Crippen molar-refractivity contribution in [1.29, 1.82) is 0 Å². The maximum absolute atomic E-state index is 10.7. The molecule has 0 bridgehead atoms. The van der Waals surface area contributed by atoms with Crippen LogP contribution in [-0.4, -0.2) is 24.2 Å². The van der Waals surface area contributed by atoms with Gasteiger partial charge in [0.15, 0.2) is 0 Å². The molecule has 0 aromatic rings. The van der Waals surface area contributed by atoms with Crippen molar-refractivity contribution in [2.45, 2.75) is 19.3 Å². The first-order valence-corrected chi connectivity index (χ1v) is 4.22. The molecule has 0 atom stereocenters. The number of allylic oxidation sites excluding steroid dienone is 2. The first-order chi connectivity index (χ1) is 6.56. The Kier molecular flexibility index (Phi) is 6.11. The van der Waals surface area contributed by atoms with E-state index in [0.717, 1.165) is 5.57 Å². The molecule has 4 heteroatoms. The van der Waals surface area contributed by atoms with Crippen molar-refractivity contribution < 1.29 is 19.4 Å². The number of ether oxygens (including phenoxy) is 1. The van der Waals surface area contributed by atoms with E-state index < -0.39 is 11.9 Å². The molecule has 0 spiro atoms. The van der Waals surface area contributed by atoms with Crippen LogP contribution in [0.5, 0.6) is 0 Å². The standard InChI is InChI=1S/C10H14O4/c1-8(4-3-5-9(11)12)6-7-10(13)14-2/h6-7H,1,3-5H2,2H3,(H,11,12). The molecule has 0 rings (SSSR count). The fraction of sp³-hybridized carbons (Fsp3) is 0.400. The van der Waals surface area contributed by atoms with Crippen LogP contribution in [0, 0.1) is 0 Å². The van der Waals surface area contributed by atoms with Gasteiger partial charge in [-0.05, 0) is 12.8 Å². The van der Waals surface area contributed by atoms with Crippen molar-refractivity contribution in [2.24, 2.45) is 0 Å². The van der Waals surface area contributed by atoms with E-state index in [1.165, 1.54) is 19.3 Å². The van der Waals surface area contributed by atoms with Crippen LogP contribution in [0.1, 0.15) is 19.3 Å². The molecule has 0 aliphatic carbocycles. The van der Waals surface area contributed by atoms with E-state index in [1.54, 1.807) is 0 Å². The monoisotopic (exact) mass is 198 g/mol. The van der Waals surface area contributed by atoms with Gasteiger partial charge < -0.3 is 9.84 Å². The fourth-order valence-electron chi connectivity index (χ4n) is 0.804. The molecule has 0 saturated heterocycles. The third kappa shape index (κ3) is 7.09. The van der Waals surface area contributed by atoms with E-state index in [4.69, 9.17) is 5.11 Å². The number of carbonyl (C=O) groups is 2. The summed E-state index contributed by atoms with van der Waals surface area (Å²) in [6.45, 7) is 3.67. The predicted molar refractivity (Wildman–Crippen MR) is 51.8 cm³/mol. The molecule has 0 aliphatic heterocycles. The van der Waals surface area contributed by atoms with E-state index in [-0.39, 0.29) is 6.42 Å². The number of hydrogen-bond donors (Lipinski definition) is 1. The summed E-state index contributed by atoms with van der Waals surface area (Å²) in [4.78, 5) is 20.8. The zero-order valence-corrected chi connectivity index (χ0v) is 8.16. The third-order valence-electron chi connectivity index (χ3n) is 1.54. The smallest absolute Gasteiger partial charge is 0.330 e. The van der Waals surface area contributed by atoms with Crippen LogP contribution >= 0.6 is 0 Å². The molecule has 14 heavy (non-hydrogen) atoms. The van der Waals surface area contributed by atoms with Crippen molar-refractivity contribution in [3.63, 3.8) is 0 Å². The summed E-state index contributed by atoms with van der Waals surface area (Å²) in [5, 5.41) is 8.36. The fourth-order valence-corrected chi connectivity index (χ4v) is 0.804. The van der Waals surface area contributed by atoms with Crippen molar-refractivity contribution in [3.8, 4) is 0 Å². The number of carbonyl (C=O) groups excluding carboxylic acids is 1. The summed E-state index contributed by atoms with van der Waals surface area (Å²) in [5.41, 5.74) is 0.719. The van der Waals surface area contributed by atoms with E-state index in [9.17, 15) is 9.59 Å². The summed E-state index contributed by atoms with van der Waals surface area (Å²) in [6.07, 6.45) is 4.02. The normalized spacial score (nSPS) is 10.1. The lowest BCUT2D eigenvalue weighted by Crippen LogP contribution is -1.95. The van der Waals surface area contributed by atoms with Gasteiger partial charge in [-0.25, -0.2) is 4.79 Å². The molecule has 0 fully saturated rings. The summed E-state index contributed by atoms with van der Waals surface area (Å²) in [7, 11) is 1.29. The second-order valence-corrected chi connectivity index (χ2v) is 2.76. The SMILES string of the molecule is C=C(C=CC(=O)OC)CCCC(=O)O. The van der Waals surface area contributed by atoms with Gasteiger partial charge in [0, 0.05) is 12.5 Å². The van der Waals surface area contributed by atoms with Gasteiger partial charge in [0.25, 0.3) is 0 Å². The zero-order chi connectivity index (χ0) is 11.0. The van der Waals surface area contributed by atoms with Gasteiger partial charge in [-0.2, -0.15) is 0 Å². The minimum Gasteiger partial charge on any atom is -0.481 e. The van der Waals surface area contributed by atoms with Crippen molar-refractivity contribution in [3.05, 3.63) is 24.3 Å². The van der Waals surface area contributed by atoms with Gasteiger partial charge in [-0.15, -0.1) is 0 Å². The molecule has 0 unspecified atom stereocenters. The number of methoxy groups -OCH3 is 1. The average Bonchev–Trinajstić information content (AvgIpc) is 2.13. The highest BCUT2D eigenvalue weighted by Crippen LogP contribution is 2.06. The Morgan fingerprint density at radius 1 is 1.36 bits per heavy atom. The molecular weight excluding hydrogens is 184 g/mol. The predicted octanol–water partition coefficient (Wildman–Crippen LogP) is 1.53. The molecule has 0 aromatic heterocycles. The largest absolute Gasteiger partial charge is 0.481 e. The van der Waals surface area contributed by atoms with Crippen molar-refractivity contribution in [2.75, 3.05) is 7.11 Å². The van der Waals surface area contributed by atoms with E-state index >= 15 is 0 Å². The second-order valence-electron chi connectivity index (χ2n) is 2.76. The summed E-state index contributed by atoms with van der Waals surface area (Å²) in [5.74, 6) is -1.26. The first-order valence-electron chi connectivity index (χ1n) is 4.22. The maximum Gasteiger partial charge on any atom is 0.330 e. The Balaban J connectivity index is 3.70. The summed E-state index contributed by atoms with van der Waals surface area (Å²) >= 11 is 0. The number of aliphatic carboxylic acids is 1. The Bertz CT molecular complexity index is 253. The van der Waals surface area contributed by atoms with Gasteiger partial charge in [0.05, 0.1) is 7.11 Å². The number of carboxylic acid groups (broad SMARTS) is 1. The Morgan fingerprint density at radius 2 is 2.00 bits per heavy atom. The molecule has 1 N–H and O–H groups in total. The zero-order valence-electron chi connectivity index (χ0n) is 8.16. The molecule has 0 aromatic carbocycles. The molecule has 0 amide bonds. The van der Waals surface area contributed by atoms with E-state index in [0.29, 0.717) is 12.8 Å². The van der Waals surface area contributed by atoms with Crippen LogP contribution in [0.25, 0.3) is 0 Å². The quantitative estimate of drug-likeness (QED) is 0.399. The van der Waals surface area contributed by atoms with Crippen LogP contribution in [-0.2, 0) is 14.3 Å². The van der Waals surface area contributed by atoms with Crippen molar-refractivity contribution >= 4 is 11.9 Å². The first kappa shape index (κ1) is 12.4. The maximum atomic E-state index is 10.7.